The fraction of sp³-hybridized carbons (Fsp3) is 0.375. The molecule has 0 atom stereocenters. The first-order valence-electron chi connectivity index (χ1n) is 6.84. The number of hydrogen-bond donors (Lipinski definition) is 2. The van der Waals surface area contributed by atoms with Crippen LogP contribution >= 0.6 is 0 Å². The molecule has 0 unspecified atom stereocenters. The molecule has 1 aliphatic rings. The summed E-state index contributed by atoms with van der Waals surface area (Å²) >= 11 is 0. The second-order valence-electron chi connectivity index (χ2n) is 5.21. The zero-order valence-electron chi connectivity index (χ0n) is 11.6. The van der Waals surface area contributed by atoms with Gasteiger partial charge in [-0.3, -0.25) is 4.79 Å². The molecule has 0 radical (unpaired) electrons. The number of amides is 1. The highest BCUT2D eigenvalue weighted by Crippen LogP contribution is 2.35. The van der Waals surface area contributed by atoms with Crippen LogP contribution < -0.4 is 5.32 Å². The van der Waals surface area contributed by atoms with Gasteiger partial charge < -0.3 is 10.4 Å². The number of carbonyl (C=O) groups excluding carboxylic acids is 1. The summed E-state index contributed by atoms with van der Waals surface area (Å²) in [4.78, 5) is 22.5. The number of benzene rings is 1. The molecule has 0 spiro atoms. The molecule has 20 heavy (non-hydrogen) atoms. The first kappa shape index (κ1) is 14.3. The van der Waals surface area contributed by atoms with Gasteiger partial charge in [0, 0.05) is 12.6 Å². The molecule has 1 fully saturated rings. The van der Waals surface area contributed by atoms with Gasteiger partial charge in [-0.2, -0.15) is 0 Å². The standard InChI is InChI=1S/C16H19NO3/c1-11(13-5-6-13)9-15(18)17-8-7-12-3-2-4-14(10-12)16(19)20/h2-4,9-10,13H,5-8H2,1H3,(H,17,18)(H,19,20)/b11-9+. The van der Waals surface area contributed by atoms with Crippen molar-refractivity contribution in [2.45, 2.75) is 26.2 Å². The Morgan fingerprint density at radius 3 is 2.80 bits per heavy atom. The minimum absolute atomic E-state index is 0.0659. The maximum absolute atomic E-state index is 11.7. The summed E-state index contributed by atoms with van der Waals surface area (Å²) in [5.74, 6) is -0.393. The highest BCUT2D eigenvalue weighted by molar-refractivity contribution is 5.88. The number of hydrogen-bond acceptors (Lipinski definition) is 2. The summed E-state index contributed by atoms with van der Waals surface area (Å²) < 4.78 is 0. The van der Waals surface area contributed by atoms with Gasteiger partial charge in [0.1, 0.15) is 0 Å². The van der Waals surface area contributed by atoms with Gasteiger partial charge in [0.05, 0.1) is 5.56 Å². The van der Waals surface area contributed by atoms with E-state index in [1.54, 1.807) is 24.3 Å². The third kappa shape index (κ3) is 4.23. The van der Waals surface area contributed by atoms with E-state index in [-0.39, 0.29) is 11.5 Å². The first-order valence-corrected chi connectivity index (χ1v) is 6.84. The highest BCUT2D eigenvalue weighted by Gasteiger charge is 2.23. The smallest absolute Gasteiger partial charge is 0.335 e. The van der Waals surface area contributed by atoms with Gasteiger partial charge >= 0.3 is 5.97 Å². The van der Waals surface area contributed by atoms with Gasteiger partial charge in [-0.25, -0.2) is 4.79 Å². The van der Waals surface area contributed by atoms with Crippen LogP contribution in [-0.4, -0.2) is 23.5 Å². The lowest BCUT2D eigenvalue weighted by Crippen LogP contribution is -2.24. The first-order chi connectivity index (χ1) is 9.56. The fourth-order valence-corrected chi connectivity index (χ4v) is 2.10. The van der Waals surface area contributed by atoms with Crippen LogP contribution in [0.3, 0.4) is 0 Å². The Morgan fingerprint density at radius 2 is 2.15 bits per heavy atom. The molecule has 0 heterocycles. The Kier molecular flexibility index (Phi) is 4.56. The zero-order valence-corrected chi connectivity index (χ0v) is 11.6. The highest BCUT2D eigenvalue weighted by atomic mass is 16.4. The molecule has 1 aliphatic carbocycles. The van der Waals surface area contributed by atoms with Crippen molar-refractivity contribution in [1.29, 1.82) is 0 Å². The number of nitrogens with one attached hydrogen (secondary N) is 1. The zero-order chi connectivity index (χ0) is 14.5. The second kappa shape index (κ2) is 6.37. The summed E-state index contributed by atoms with van der Waals surface area (Å²) in [5, 5.41) is 11.7. The van der Waals surface area contributed by atoms with E-state index in [1.165, 1.54) is 12.8 Å². The number of carboxylic acid groups (broad SMARTS) is 1. The van der Waals surface area contributed by atoms with E-state index in [0.717, 1.165) is 11.1 Å². The lowest BCUT2D eigenvalue weighted by molar-refractivity contribution is -0.116. The fourth-order valence-electron chi connectivity index (χ4n) is 2.10. The third-order valence-electron chi connectivity index (χ3n) is 3.47. The number of carboxylic acids is 1. The predicted molar refractivity (Wildman–Crippen MR) is 76.6 cm³/mol. The van der Waals surface area contributed by atoms with Crippen molar-refractivity contribution in [2.75, 3.05) is 6.54 Å². The van der Waals surface area contributed by atoms with Crippen LogP contribution in [0.1, 0.15) is 35.7 Å². The molecule has 4 heteroatoms. The van der Waals surface area contributed by atoms with Crippen molar-refractivity contribution < 1.29 is 14.7 Å². The van der Waals surface area contributed by atoms with Gasteiger partial charge in [-0.15, -0.1) is 0 Å². The van der Waals surface area contributed by atoms with Gasteiger partial charge in [0.2, 0.25) is 5.91 Å². The largest absolute Gasteiger partial charge is 0.478 e. The summed E-state index contributed by atoms with van der Waals surface area (Å²) in [7, 11) is 0. The minimum Gasteiger partial charge on any atom is -0.478 e. The Balaban J connectivity index is 1.80. The van der Waals surface area contributed by atoms with Crippen LogP contribution in [0, 0.1) is 5.92 Å². The Morgan fingerprint density at radius 1 is 1.40 bits per heavy atom. The van der Waals surface area contributed by atoms with Crippen molar-refractivity contribution in [3.8, 4) is 0 Å². The number of allylic oxidation sites excluding steroid dienone is 1. The molecule has 2 rings (SSSR count). The Hall–Kier alpha value is -2.10. The van der Waals surface area contributed by atoms with E-state index in [2.05, 4.69) is 5.32 Å². The lowest BCUT2D eigenvalue weighted by Gasteiger charge is -2.05. The molecule has 0 aliphatic heterocycles. The average molecular weight is 273 g/mol. The summed E-state index contributed by atoms with van der Waals surface area (Å²) in [6.07, 6.45) is 4.68. The topological polar surface area (TPSA) is 66.4 Å². The quantitative estimate of drug-likeness (QED) is 0.782. The van der Waals surface area contributed by atoms with Crippen LogP contribution in [0.5, 0.6) is 0 Å². The van der Waals surface area contributed by atoms with E-state index in [1.807, 2.05) is 13.0 Å². The lowest BCUT2D eigenvalue weighted by atomic mass is 10.1. The maximum Gasteiger partial charge on any atom is 0.335 e. The molecule has 106 valence electrons. The van der Waals surface area contributed by atoms with Crippen molar-refractivity contribution in [2.24, 2.45) is 5.92 Å². The van der Waals surface area contributed by atoms with E-state index < -0.39 is 5.97 Å². The Labute approximate surface area is 118 Å². The maximum atomic E-state index is 11.7. The summed E-state index contributed by atoms with van der Waals surface area (Å²) in [5.41, 5.74) is 2.33. The molecule has 0 bridgehead atoms. The molecule has 1 saturated carbocycles. The van der Waals surface area contributed by atoms with Crippen LogP contribution in [-0.2, 0) is 11.2 Å². The summed E-state index contributed by atoms with van der Waals surface area (Å²) in [6.45, 7) is 2.50. The van der Waals surface area contributed by atoms with Gasteiger partial charge in [-0.05, 0) is 49.8 Å². The monoisotopic (exact) mass is 273 g/mol. The van der Waals surface area contributed by atoms with E-state index in [0.29, 0.717) is 18.9 Å². The average Bonchev–Trinajstić information content (AvgIpc) is 3.23. The van der Waals surface area contributed by atoms with Crippen LogP contribution in [0.4, 0.5) is 0 Å². The molecule has 1 amide bonds. The molecule has 4 nitrogen and oxygen atoms in total. The molecule has 2 N–H and O–H groups in total. The van der Waals surface area contributed by atoms with Crippen molar-refractivity contribution in [1.82, 2.24) is 5.32 Å². The Bertz CT molecular complexity index is 544. The van der Waals surface area contributed by atoms with Gasteiger partial charge in [0.25, 0.3) is 0 Å². The molecular formula is C16H19NO3. The second-order valence-corrected chi connectivity index (χ2v) is 5.21. The predicted octanol–water partition coefficient (Wildman–Crippen LogP) is 2.40. The minimum atomic E-state index is -0.932. The van der Waals surface area contributed by atoms with Crippen molar-refractivity contribution in [3.63, 3.8) is 0 Å². The molecule has 0 saturated heterocycles. The van der Waals surface area contributed by atoms with Gasteiger partial charge in [0.15, 0.2) is 0 Å². The SMILES string of the molecule is C/C(=C\C(=O)NCCc1cccc(C(=O)O)c1)C1CC1. The number of aromatic carboxylic acids is 1. The summed E-state index contributed by atoms with van der Waals surface area (Å²) in [6, 6.07) is 6.79. The third-order valence-corrected chi connectivity index (χ3v) is 3.47. The number of carbonyl (C=O) groups is 2. The molecule has 1 aromatic rings. The van der Waals surface area contributed by atoms with Crippen molar-refractivity contribution >= 4 is 11.9 Å². The van der Waals surface area contributed by atoms with E-state index in [9.17, 15) is 9.59 Å². The van der Waals surface area contributed by atoms with Crippen LogP contribution in [0.15, 0.2) is 35.9 Å². The number of rotatable bonds is 6. The molecule has 0 aromatic heterocycles. The van der Waals surface area contributed by atoms with Crippen LogP contribution in [0.2, 0.25) is 0 Å². The molecule has 1 aromatic carbocycles. The van der Waals surface area contributed by atoms with E-state index >= 15 is 0 Å². The molecular weight excluding hydrogens is 254 g/mol. The van der Waals surface area contributed by atoms with Crippen molar-refractivity contribution in [3.05, 3.63) is 47.0 Å². The van der Waals surface area contributed by atoms with E-state index in [4.69, 9.17) is 5.11 Å². The van der Waals surface area contributed by atoms with Crippen LogP contribution in [0.25, 0.3) is 0 Å². The normalized spacial score (nSPS) is 14.9. The van der Waals surface area contributed by atoms with Gasteiger partial charge in [-0.1, -0.05) is 17.7 Å².